The normalized spacial score (nSPS) is 19.5. The zero-order chi connectivity index (χ0) is 14.8. The lowest BCUT2D eigenvalue weighted by atomic mass is 9.82. The summed E-state index contributed by atoms with van der Waals surface area (Å²) in [5.41, 5.74) is 2.68. The van der Waals surface area contributed by atoms with Crippen LogP contribution in [-0.4, -0.2) is 31.1 Å². The molecule has 1 fully saturated rings. The number of rotatable bonds is 5. The molecule has 0 radical (unpaired) electrons. The Bertz CT molecular complexity index is 450. The molecule has 0 saturated heterocycles. The van der Waals surface area contributed by atoms with E-state index < -0.39 is 0 Å². The maximum absolute atomic E-state index is 6.35. The molecule has 0 aromatic heterocycles. The highest BCUT2D eigenvalue weighted by atomic mass is 35.5. The third-order valence-electron chi connectivity index (χ3n) is 4.83. The number of likely N-dealkylation sites (N-methyl/N-ethyl adjacent to an activating group) is 2. The van der Waals surface area contributed by atoms with E-state index in [1.54, 1.807) is 0 Å². The van der Waals surface area contributed by atoms with Crippen LogP contribution in [0.15, 0.2) is 18.2 Å². The van der Waals surface area contributed by atoms with E-state index in [2.05, 4.69) is 56.4 Å². The molecule has 0 spiro atoms. The van der Waals surface area contributed by atoms with Crippen LogP contribution < -0.4 is 5.32 Å². The van der Waals surface area contributed by atoms with Crippen LogP contribution in [0.25, 0.3) is 0 Å². The maximum atomic E-state index is 6.35. The van der Waals surface area contributed by atoms with Crippen LogP contribution >= 0.6 is 11.6 Å². The fourth-order valence-electron chi connectivity index (χ4n) is 3.59. The molecule has 0 heterocycles. The summed E-state index contributed by atoms with van der Waals surface area (Å²) >= 11 is 6.35. The predicted molar refractivity (Wildman–Crippen MR) is 87.5 cm³/mol. The van der Waals surface area contributed by atoms with Crippen molar-refractivity contribution in [3.8, 4) is 0 Å². The van der Waals surface area contributed by atoms with Gasteiger partial charge >= 0.3 is 0 Å². The molecule has 2 nitrogen and oxygen atoms in total. The summed E-state index contributed by atoms with van der Waals surface area (Å²) in [7, 11) is 4.43. The van der Waals surface area contributed by atoms with Crippen LogP contribution in [0.3, 0.4) is 0 Å². The Balaban J connectivity index is 2.41. The highest BCUT2D eigenvalue weighted by molar-refractivity contribution is 6.31. The Labute approximate surface area is 128 Å². The standard InChI is InChI=1S/C17H27ClN2/c1-5-19-16(14-9-8-13(2)15(18)12-14)17(20(3)4)10-6-7-11-17/h8-9,12,16,19H,5-7,10-11H2,1-4H3. The summed E-state index contributed by atoms with van der Waals surface area (Å²) in [4.78, 5) is 2.42. The lowest BCUT2D eigenvalue weighted by molar-refractivity contribution is 0.105. The van der Waals surface area contributed by atoms with E-state index in [1.165, 1.54) is 31.2 Å². The molecule has 0 aliphatic heterocycles. The summed E-state index contributed by atoms with van der Waals surface area (Å²) in [5.74, 6) is 0. The first kappa shape index (κ1) is 15.8. The lowest BCUT2D eigenvalue weighted by Crippen LogP contribution is -2.52. The molecular weight excluding hydrogens is 268 g/mol. The lowest BCUT2D eigenvalue weighted by Gasteiger charge is -2.44. The van der Waals surface area contributed by atoms with Gasteiger partial charge < -0.3 is 10.2 Å². The molecule has 1 aliphatic rings. The second kappa shape index (κ2) is 6.46. The van der Waals surface area contributed by atoms with Crippen LogP contribution in [0.4, 0.5) is 0 Å². The smallest absolute Gasteiger partial charge is 0.0507 e. The molecule has 1 N–H and O–H groups in total. The fourth-order valence-corrected chi connectivity index (χ4v) is 3.78. The maximum Gasteiger partial charge on any atom is 0.0507 e. The molecule has 1 unspecified atom stereocenters. The van der Waals surface area contributed by atoms with Gasteiger partial charge in [-0.1, -0.05) is 43.5 Å². The number of nitrogens with one attached hydrogen (secondary N) is 1. The monoisotopic (exact) mass is 294 g/mol. The van der Waals surface area contributed by atoms with Crippen molar-refractivity contribution in [2.45, 2.75) is 51.1 Å². The summed E-state index contributed by atoms with van der Waals surface area (Å²) < 4.78 is 0. The third kappa shape index (κ3) is 2.88. The number of aryl methyl sites for hydroxylation is 1. The van der Waals surface area contributed by atoms with Crippen LogP contribution in [0.1, 0.15) is 49.8 Å². The predicted octanol–water partition coefficient (Wildman–Crippen LogP) is 4.17. The number of hydrogen-bond acceptors (Lipinski definition) is 2. The van der Waals surface area contributed by atoms with Gasteiger partial charge in [-0.2, -0.15) is 0 Å². The molecule has 0 amide bonds. The molecule has 112 valence electrons. The van der Waals surface area contributed by atoms with Crippen molar-refractivity contribution < 1.29 is 0 Å². The minimum Gasteiger partial charge on any atom is -0.309 e. The Kier molecular flexibility index (Phi) is 5.11. The number of halogens is 1. The highest BCUT2D eigenvalue weighted by Gasteiger charge is 2.43. The highest BCUT2D eigenvalue weighted by Crippen LogP contribution is 2.43. The third-order valence-corrected chi connectivity index (χ3v) is 5.24. The molecule has 1 saturated carbocycles. The van der Waals surface area contributed by atoms with Crippen LogP contribution in [0.5, 0.6) is 0 Å². The molecule has 1 atom stereocenters. The van der Waals surface area contributed by atoms with Gasteiger partial charge in [0.2, 0.25) is 0 Å². The van der Waals surface area contributed by atoms with E-state index in [1.807, 2.05) is 0 Å². The molecule has 1 aromatic rings. The van der Waals surface area contributed by atoms with E-state index in [9.17, 15) is 0 Å². The van der Waals surface area contributed by atoms with Crippen molar-refractivity contribution in [2.24, 2.45) is 0 Å². The SMILES string of the molecule is CCNC(c1ccc(C)c(Cl)c1)C1(N(C)C)CCCC1. The minimum absolute atomic E-state index is 0.217. The van der Waals surface area contributed by atoms with Crippen LogP contribution in [0.2, 0.25) is 5.02 Å². The van der Waals surface area contributed by atoms with Crippen molar-refractivity contribution >= 4 is 11.6 Å². The zero-order valence-corrected chi connectivity index (χ0v) is 13.9. The van der Waals surface area contributed by atoms with Gasteiger partial charge in [0.1, 0.15) is 0 Å². The number of benzene rings is 1. The first-order valence-corrected chi connectivity index (χ1v) is 8.06. The molecule has 2 rings (SSSR count). The van der Waals surface area contributed by atoms with Gasteiger partial charge in [0.15, 0.2) is 0 Å². The van der Waals surface area contributed by atoms with Gasteiger partial charge in [0.25, 0.3) is 0 Å². The van der Waals surface area contributed by atoms with Gasteiger partial charge in [-0.15, -0.1) is 0 Å². The van der Waals surface area contributed by atoms with Crippen molar-refractivity contribution in [1.82, 2.24) is 10.2 Å². The Morgan fingerprint density at radius 2 is 1.95 bits per heavy atom. The molecular formula is C17H27ClN2. The first-order chi connectivity index (χ1) is 9.51. The van der Waals surface area contributed by atoms with Crippen LogP contribution in [0, 0.1) is 6.92 Å². The second-order valence-corrected chi connectivity index (χ2v) is 6.61. The molecule has 20 heavy (non-hydrogen) atoms. The summed E-state index contributed by atoms with van der Waals surface area (Å²) in [5, 5.41) is 4.58. The Morgan fingerprint density at radius 3 is 2.45 bits per heavy atom. The second-order valence-electron chi connectivity index (χ2n) is 6.20. The van der Waals surface area contributed by atoms with Crippen molar-refractivity contribution in [2.75, 3.05) is 20.6 Å². The van der Waals surface area contributed by atoms with Crippen molar-refractivity contribution in [1.29, 1.82) is 0 Å². The average molecular weight is 295 g/mol. The Hall–Kier alpha value is -0.570. The summed E-state index contributed by atoms with van der Waals surface area (Å²) in [6.07, 6.45) is 5.14. The summed E-state index contributed by atoms with van der Waals surface area (Å²) in [6.45, 7) is 5.22. The van der Waals surface area contributed by atoms with E-state index in [0.29, 0.717) is 6.04 Å². The van der Waals surface area contributed by atoms with Gasteiger partial charge in [0.05, 0.1) is 6.04 Å². The van der Waals surface area contributed by atoms with Crippen molar-refractivity contribution in [3.63, 3.8) is 0 Å². The molecule has 1 aliphatic carbocycles. The zero-order valence-electron chi connectivity index (χ0n) is 13.2. The van der Waals surface area contributed by atoms with Crippen molar-refractivity contribution in [3.05, 3.63) is 34.3 Å². The average Bonchev–Trinajstić information content (AvgIpc) is 2.90. The van der Waals surface area contributed by atoms with Gasteiger partial charge in [-0.05, 0) is 57.6 Å². The van der Waals surface area contributed by atoms with E-state index in [-0.39, 0.29) is 5.54 Å². The molecule has 1 aromatic carbocycles. The number of hydrogen-bond donors (Lipinski definition) is 1. The topological polar surface area (TPSA) is 15.3 Å². The van der Waals surface area contributed by atoms with Crippen LogP contribution in [-0.2, 0) is 0 Å². The molecule has 3 heteroatoms. The minimum atomic E-state index is 0.217. The van der Waals surface area contributed by atoms with Gasteiger partial charge in [-0.25, -0.2) is 0 Å². The van der Waals surface area contributed by atoms with E-state index in [0.717, 1.165) is 17.1 Å². The van der Waals surface area contributed by atoms with Gasteiger partial charge in [0, 0.05) is 10.6 Å². The Morgan fingerprint density at radius 1 is 1.30 bits per heavy atom. The molecule has 0 bridgehead atoms. The fraction of sp³-hybridized carbons (Fsp3) is 0.647. The number of nitrogens with zero attached hydrogens (tertiary/aromatic N) is 1. The summed E-state index contributed by atoms with van der Waals surface area (Å²) in [6, 6.07) is 6.87. The van der Waals surface area contributed by atoms with E-state index in [4.69, 9.17) is 11.6 Å². The quantitative estimate of drug-likeness (QED) is 0.877. The first-order valence-electron chi connectivity index (χ1n) is 7.68. The largest absolute Gasteiger partial charge is 0.309 e. The van der Waals surface area contributed by atoms with E-state index >= 15 is 0 Å². The van der Waals surface area contributed by atoms with Gasteiger partial charge in [-0.3, -0.25) is 0 Å².